The summed E-state index contributed by atoms with van der Waals surface area (Å²) in [4.78, 5) is 16.3. The molecule has 116 valence electrons. The van der Waals surface area contributed by atoms with Crippen molar-refractivity contribution >= 4 is 6.03 Å². The molecule has 2 amide bonds. The minimum absolute atomic E-state index is 0.0518. The zero-order valence-corrected chi connectivity index (χ0v) is 12.8. The Hall–Kier alpha value is -1.59. The van der Waals surface area contributed by atoms with Crippen LogP contribution in [0, 0.1) is 6.92 Å². The molecule has 0 radical (unpaired) electrons. The predicted molar refractivity (Wildman–Crippen MR) is 85.3 cm³/mol. The third-order valence-corrected chi connectivity index (χ3v) is 4.04. The standard InChI is InChI=1S/C16H26N4O/c1-14-4-2-3-5-15(14)6-8-18-16(21)20-12-10-19(9-7-17)11-13-20/h2-5H,6-13,17H2,1H3,(H,18,21). The quantitative estimate of drug-likeness (QED) is 0.844. The number of nitrogens with one attached hydrogen (secondary N) is 1. The van der Waals surface area contributed by atoms with Crippen LogP contribution >= 0.6 is 0 Å². The normalized spacial score (nSPS) is 16.0. The van der Waals surface area contributed by atoms with Gasteiger partial charge in [0.05, 0.1) is 0 Å². The maximum Gasteiger partial charge on any atom is 0.317 e. The van der Waals surface area contributed by atoms with Crippen molar-refractivity contribution in [3.63, 3.8) is 0 Å². The summed E-state index contributed by atoms with van der Waals surface area (Å²) in [6, 6.07) is 8.36. The average Bonchev–Trinajstić information content (AvgIpc) is 2.50. The molecule has 0 saturated carbocycles. The molecule has 5 nitrogen and oxygen atoms in total. The number of amides is 2. The Labute approximate surface area is 127 Å². The lowest BCUT2D eigenvalue weighted by Gasteiger charge is -2.34. The van der Waals surface area contributed by atoms with E-state index in [4.69, 9.17) is 5.73 Å². The lowest BCUT2D eigenvalue weighted by atomic mass is 10.1. The number of hydrogen-bond donors (Lipinski definition) is 2. The summed E-state index contributed by atoms with van der Waals surface area (Å²) in [5.74, 6) is 0. The first kappa shape index (κ1) is 15.8. The van der Waals surface area contributed by atoms with Gasteiger partial charge in [-0.05, 0) is 24.5 Å². The van der Waals surface area contributed by atoms with Crippen LogP contribution in [0.1, 0.15) is 11.1 Å². The van der Waals surface area contributed by atoms with E-state index in [0.29, 0.717) is 13.1 Å². The molecule has 1 fully saturated rings. The zero-order chi connectivity index (χ0) is 15.1. The average molecular weight is 290 g/mol. The van der Waals surface area contributed by atoms with Crippen molar-refractivity contribution < 1.29 is 4.79 Å². The molecular formula is C16H26N4O. The number of carbonyl (C=O) groups excluding carboxylic acids is 1. The molecule has 0 unspecified atom stereocenters. The Bertz CT molecular complexity index is 455. The van der Waals surface area contributed by atoms with Gasteiger partial charge in [-0.15, -0.1) is 0 Å². The van der Waals surface area contributed by atoms with Crippen molar-refractivity contribution in [3.8, 4) is 0 Å². The summed E-state index contributed by atoms with van der Waals surface area (Å²) < 4.78 is 0. The lowest BCUT2D eigenvalue weighted by molar-refractivity contribution is 0.141. The molecule has 3 N–H and O–H groups in total. The summed E-state index contributed by atoms with van der Waals surface area (Å²) in [5, 5.41) is 3.02. The van der Waals surface area contributed by atoms with Crippen LogP contribution in [-0.2, 0) is 6.42 Å². The topological polar surface area (TPSA) is 61.6 Å². The predicted octanol–water partition coefficient (Wildman–Crippen LogP) is 0.823. The Morgan fingerprint density at radius 1 is 1.24 bits per heavy atom. The number of piperazine rings is 1. The largest absolute Gasteiger partial charge is 0.338 e. The molecule has 1 saturated heterocycles. The number of aryl methyl sites for hydroxylation is 1. The highest BCUT2D eigenvalue weighted by molar-refractivity contribution is 5.74. The maximum absolute atomic E-state index is 12.1. The molecule has 0 atom stereocenters. The zero-order valence-electron chi connectivity index (χ0n) is 12.8. The molecule has 0 bridgehead atoms. The van der Waals surface area contributed by atoms with Crippen molar-refractivity contribution in [3.05, 3.63) is 35.4 Å². The molecule has 2 rings (SSSR count). The smallest absolute Gasteiger partial charge is 0.317 e. The van der Waals surface area contributed by atoms with Gasteiger partial charge in [0.2, 0.25) is 0 Å². The molecule has 1 aliphatic heterocycles. The molecular weight excluding hydrogens is 264 g/mol. The van der Waals surface area contributed by atoms with Gasteiger partial charge >= 0.3 is 6.03 Å². The van der Waals surface area contributed by atoms with Crippen LogP contribution in [0.3, 0.4) is 0 Å². The van der Waals surface area contributed by atoms with Gasteiger partial charge in [-0.1, -0.05) is 24.3 Å². The summed E-state index contributed by atoms with van der Waals surface area (Å²) in [7, 11) is 0. The lowest BCUT2D eigenvalue weighted by Crippen LogP contribution is -2.52. The number of nitrogens with zero attached hydrogens (tertiary/aromatic N) is 2. The third kappa shape index (κ3) is 4.72. The number of benzene rings is 1. The minimum Gasteiger partial charge on any atom is -0.338 e. The summed E-state index contributed by atoms with van der Waals surface area (Å²) in [6.45, 7) is 7.81. The highest BCUT2D eigenvalue weighted by Crippen LogP contribution is 2.07. The molecule has 1 aromatic carbocycles. The van der Waals surface area contributed by atoms with E-state index in [1.54, 1.807) is 0 Å². The van der Waals surface area contributed by atoms with Gasteiger partial charge in [0, 0.05) is 45.8 Å². The van der Waals surface area contributed by atoms with E-state index in [9.17, 15) is 4.79 Å². The van der Waals surface area contributed by atoms with Gasteiger partial charge in [-0.25, -0.2) is 4.79 Å². The SMILES string of the molecule is Cc1ccccc1CCNC(=O)N1CCN(CCN)CC1. The fourth-order valence-corrected chi connectivity index (χ4v) is 2.66. The van der Waals surface area contributed by atoms with Crippen LogP contribution in [-0.4, -0.2) is 61.6 Å². The van der Waals surface area contributed by atoms with Crippen molar-refractivity contribution in [2.45, 2.75) is 13.3 Å². The first-order valence-electron chi connectivity index (χ1n) is 7.70. The van der Waals surface area contributed by atoms with Gasteiger partial charge in [0.25, 0.3) is 0 Å². The van der Waals surface area contributed by atoms with Crippen molar-refractivity contribution in [1.29, 1.82) is 0 Å². The molecule has 1 heterocycles. The van der Waals surface area contributed by atoms with Gasteiger partial charge < -0.3 is 16.0 Å². The van der Waals surface area contributed by atoms with Crippen LogP contribution in [0.15, 0.2) is 24.3 Å². The van der Waals surface area contributed by atoms with E-state index in [1.807, 2.05) is 17.0 Å². The van der Waals surface area contributed by atoms with E-state index >= 15 is 0 Å². The molecule has 0 spiro atoms. The Kier molecular flexibility index (Phi) is 6.02. The number of rotatable bonds is 5. The summed E-state index contributed by atoms with van der Waals surface area (Å²) in [5.41, 5.74) is 8.13. The Balaban J connectivity index is 1.70. The maximum atomic E-state index is 12.1. The molecule has 21 heavy (non-hydrogen) atoms. The van der Waals surface area contributed by atoms with E-state index in [2.05, 4.69) is 29.3 Å². The van der Waals surface area contributed by atoms with Gasteiger partial charge in [0.1, 0.15) is 0 Å². The van der Waals surface area contributed by atoms with Crippen LogP contribution in [0.2, 0.25) is 0 Å². The second kappa shape index (κ2) is 8.00. The number of hydrogen-bond acceptors (Lipinski definition) is 3. The van der Waals surface area contributed by atoms with Gasteiger partial charge in [0.15, 0.2) is 0 Å². The first-order chi connectivity index (χ1) is 10.2. The van der Waals surface area contributed by atoms with Crippen molar-refractivity contribution in [1.82, 2.24) is 15.1 Å². The van der Waals surface area contributed by atoms with Crippen LogP contribution in [0.4, 0.5) is 4.79 Å². The number of urea groups is 1. The summed E-state index contributed by atoms with van der Waals surface area (Å²) in [6.07, 6.45) is 0.881. The minimum atomic E-state index is 0.0518. The van der Waals surface area contributed by atoms with Crippen LogP contribution < -0.4 is 11.1 Å². The van der Waals surface area contributed by atoms with E-state index in [0.717, 1.165) is 39.1 Å². The molecule has 0 aromatic heterocycles. The highest BCUT2D eigenvalue weighted by Gasteiger charge is 2.19. The van der Waals surface area contributed by atoms with E-state index in [1.165, 1.54) is 11.1 Å². The molecule has 1 aliphatic rings. The number of carbonyl (C=O) groups is 1. The molecule has 0 aliphatic carbocycles. The monoisotopic (exact) mass is 290 g/mol. The van der Waals surface area contributed by atoms with Gasteiger partial charge in [-0.2, -0.15) is 0 Å². The second-order valence-corrected chi connectivity index (χ2v) is 5.53. The Morgan fingerprint density at radius 2 is 1.95 bits per heavy atom. The molecule has 5 heteroatoms. The van der Waals surface area contributed by atoms with Crippen LogP contribution in [0.25, 0.3) is 0 Å². The third-order valence-electron chi connectivity index (χ3n) is 4.04. The van der Waals surface area contributed by atoms with E-state index < -0.39 is 0 Å². The highest BCUT2D eigenvalue weighted by atomic mass is 16.2. The van der Waals surface area contributed by atoms with E-state index in [-0.39, 0.29) is 6.03 Å². The molecule has 1 aromatic rings. The van der Waals surface area contributed by atoms with Crippen molar-refractivity contribution in [2.75, 3.05) is 45.8 Å². The first-order valence-corrected chi connectivity index (χ1v) is 7.70. The fraction of sp³-hybridized carbons (Fsp3) is 0.562. The number of nitrogens with two attached hydrogens (primary N) is 1. The second-order valence-electron chi connectivity index (χ2n) is 5.53. The fourth-order valence-electron chi connectivity index (χ4n) is 2.66. The summed E-state index contributed by atoms with van der Waals surface area (Å²) >= 11 is 0. The Morgan fingerprint density at radius 3 is 2.62 bits per heavy atom. The van der Waals surface area contributed by atoms with Crippen LogP contribution in [0.5, 0.6) is 0 Å². The van der Waals surface area contributed by atoms with Crippen molar-refractivity contribution in [2.24, 2.45) is 5.73 Å². The van der Waals surface area contributed by atoms with Gasteiger partial charge in [-0.3, -0.25) is 4.90 Å².